The number of epoxide rings is 1. The first-order valence-electron chi connectivity index (χ1n) is 5.50. The van der Waals surface area contributed by atoms with Crippen molar-refractivity contribution in [2.45, 2.75) is 38.4 Å². The van der Waals surface area contributed by atoms with E-state index in [1.165, 1.54) is 24.5 Å². The highest BCUT2D eigenvalue weighted by molar-refractivity contribution is 5.82. The summed E-state index contributed by atoms with van der Waals surface area (Å²) in [4.78, 5) is 11.0. The molecule has 0 amide bonds. The van der Waals surface area contributed by atoms with Gasteiger partial charge in [-0.25, -0.2) is 4.79 Å². The van der Waals surface area contributed by atoms with Crippen LogP contribution >= 0.6 is 0 Å². The molecule has 0 aromatic carbocycles. The van der Waals surface area contributed by atoms with Gasteiger partial charge in [0.25, 0.3) is 0 Å². The van der Waals surface area contributed by atoms with Crippen molar-refractivity contribution in [1.29, 1.82) is 0 Å². The van der Waals surface area contributed by atoms with E-state index in [2.05, 4.69) is 0 Å². The van der Waals surface area contributed by atoms with E-state index in [0.717, 1.165) is 6.42 Å². The van der Waals surface area contributed by atoms with Crippen LogP contribution < -0.4 is 0 Å². The number of esters is 1. The number of hydrogen-bond acceptors (Lipinski definition) is 3. The number of allylic oxidation sites excluding steroid dienone is 2. The minimum absolute atomic E-state index is 0.279. The summed E-state index contributed by atoms with van der Waals surface area (Å²) in [5, 5.41) is 0. The van der Waals surface area contributed by atoms with E-state index in [0.29, 0.717) is 18.8 Å². The number of ether oxygens (including phenoxy) is 2. The third-order valence-corrected chi connectivity index (χ3v) is 2.73. The Morgan fingerprint density at radius 3 is 3.33 bits per heavy atom. The van der Waals surface area contributed by atoms with Gasteiger partial charge in [0, 0.05) is 6.08 Å². The van der Waals surface area contributed by atoms with Crippen LogP contribution in [0.2, 0.25) is 0 Å². The van der Waals surface area contributed by atoms with Crippen molar-refractivity contribution in [1.82, 2.24) is 0 Å². The summed E-state index contributed by atoms with van der Waals surface area (Å²) in [7, 11) is 0. The highest BCUT2D eigenvalue weighted by Gasteiger charge is 2.43. The van der Waals surface area contributed by atoms with Gasteiger partial charge in [0.15, 0.2) is 0 Å². The second kappa shape index (κ2) is 4.62. The molecule has 2 fully saturated rings. The summed E-state index contributed by atoms with van der Waals surface area (Å²) in [5.74, 6) is -0.279. The SMILES string of the molecule is CCOC(=O)/C=C/C=C1/CCCC2OC12. The molecule has 2 rings (SSSR count). The summed E-state index contributed by atoms with van der Waals surface area (Å²) in [6, 6.07) is 0. The third kappa shape index (κ3) is 2.69. The van der Waals surface area contributed by atoms with Gasteiger partial charge in [-0.2, -0.15) is 0 Å². The molecule has 1 aliphatic carbocycles. The van der Waals surface area contributed by atoms with Crippen molar-refractivity contribution < 1.29 is 14.3 Å². The molecule has 15 heavy (non-hydrogen) atoms. The Hall–Kier alpha value is -1.09. The van der Waals surface area contributed by atoms with E-state index in [1.807, 2.05) is 6.08 Å². The standard InChI is InChI=1S/C12H16O3/c1-2-14-11(13)8-4-6-9-5-3-7-10-12(9)15-10/h4,6,8,10,12H,2-3,5,7H2,1H3/b8-4+,9-6-. The molecule has 0 aromatic heterocycles. The Morgan fingerprint density at radius 1 is 1.67 bits per heavy atom. The lowest BCUT2D eigenvalue weighted by molar-refractivity contribution is -0.137. The number of carbonyl (C=O) groups is 1. The Balaban J connectivity index is 1.85. The number of hydrogen-bond donors (Lipinski definition) is 0. The molecule has 0 spiro atoms. The molecular formula is C12H16O3. The lowest BCUT2D eigenvalue weighted by Gasteiger charge is -2.07. The van der Waals surface area contributed by atoms with E-state index in [-0.39, 0.29) is 5.97 Å². The second-order valence-corrected chi connectivity index (χ2v) is 3.84. The smallest absolute Gasteiger partial charge is 0.330 e. The summed E-state index contributed by atoms with van der Waals surface area (Å²) >= 11 is 0. The Bertz CT molecular complexity index is 304. The van der Waals surface area contributed by atoms with Crippen LogP contribution in [0.1, 0.15) is 26.2 Å². The van der Waals surface area contributed by atoms with Gasteiger partial charge in [-0.3, -0.25) is 0 Å². The Kier molecular flexibility index (Phi) is 3.21. The molecule has 3 heteroatoms. The molecule has 1 heterocycles. The van der Waals surface area contributed by atoms with E-state index < -0.39 is 0 Å². The van der Waals surface area contributed by atoms with Crippen molar-refractivity contribution in [3.63, 3.8) is 0 Å². The largest absolute Gasteiger partial charge is 0.463 e. The van der Waals surface area contributed by atoms with Crippen molar-refractivity contribution in [3.8, 4) is 0 Å². The van der Waals surface area contributed by atoms with Crippen LogP contribution in [-0.4, -0.2) is 24.8 Å². The topological polar surface area (TPSA) is 38.8 Å². The van der Waals surface area contributed by atoms with E-state index in [4.69, 9.17) is 9.47 Å². The summed E-state index contributed by atoms with van der Waals surface area (Å²) < 4.78 is 10.3. The molecule has 2 atom stereocenters. The van der Waals surface area contributed by atoms with Crippen LogP contribution in [0.3, 0.4) is 0 Å². The first kappa shape index (κ1) is 10.4. The average molecular weight is 208 g/mol. The van der Waals surface area contributed by atoms with Crippen LogP contribution in [0.25, 0.3) is 0 Å². The fourth-order valence-electron chi connectivity index (χ4n) is 1.96. The molecule has 1 saturated heterocycles. The number of rotatable bonds is 3. The molecular weight excluding hydrogens is 192 g/mol. The Labute approximate surface area is 89.8 Å². The zero-order valence-corrected chi connectivity index (χ0v) is 8.94. The molecule has 0 radical (unpaired) electrons. The van der Waals surface area contributed by atoms with Gasteiger partial charge in [-0.1, -0.05) is 12.2 Å². The number of carbonyl (C=O) groups excluding carboxylic acids is 1. The quantitative estimate of drug-likeness (QED) is 0.404. The van der Waals surface area contributed by atoms with Crippen molar-refractivity contribution >= 4 is 5.97 Å². The predicted octanol–water partition coefficient (Wildman–Crippen LogP) is 1.98. The van der Waals surface area contributed by atoms with E-state index in [1.54, 1.807) is 13.0 Å². The van der Waals surface area contributed by atoms with Crippen LogP contribution in [0.4, 0.5) is 0 Å². The third-order valence-electron chi connectivity index (χ3n) is 2.73. The number of fused-ring (bicyclic) bond motifs is 1. The van der Waals surface area contributed by atoms with Gasteiger partial charge < -0.3 is 9.47 Å². The molecule has 0 bridgehead atoms. The molecule has 82 valence electrons. The van der Waals surface area contributed by atoms with Crippen molar-refractivity contribution in [2.75, 3.05) is 6.61 Å². The minimum atomic E-state index is -0.279. The zero-order valence-electron chi connectivity index (χ0n) is 8.94. The van der Waals surface area contributed by atoms with Crippen molar-refractivity contribution in [3.05, 3.63) is 23.8 Å². The fraction of sp³-hybridized carbons (Fsp3) is 0.583. The van der Waals surface area contributed by atoms with Crippen LogP contribution in [-0.2, 0) is 14.3 Å². The van der Waals surface area contributed by atoms with Gasteiger partial charge in [0.05, 0.1) is 12.7 Å². The summed E-state index contributed by atoms with van der Waals surface area (Å²) in [5.41, 5.74) is 1.31. The maximum Gasteiger partial charge on any atom is 0.330 e. The predicted molar refractivity (Wildman–Crippen MR) is 56.4 cm³/mol. The normalized spacial score (nSPS) is 31.7. The molecule has 2 aliphatic rings. The van der Waals surface area contributed by atoms with Crippen LogP contribution in [0.5, 0.6) is 0 Å². The maximum atomic E-state index is 11.0. The lowest BCUT2D eigenvalue weighted by Crippen LogP contribution is -2.05. The maximum absolute atomic E-state index is 11.0. The summed E-state index contributed by atoms with van der Waals surface area (Å²) in [6.45, 7) is 2.22. The molecule has 2 unspecified atom stereocenters. The van der Waals surface area contributed by atoms with Gasteiger partial charge in [0.1, 0.15) is 6.10 Å². The molecule has 1 aliphatic heterocycles. The van der Waals surface area contributed by atoms with Crippen molar-refractivity contribution in [2.24, 2.45) is 0 Å². The first-order valence-corrected chi connectivity index (χ1v) is 5.50. The monoisotopic (exact) mass is 208 g/mol. The molecule has 3 nitrogen and oxygen atoms in total. The average Bonchev–Trinajstić information content (AvgIpc) is 2.98. The van der Waals surface area contributed by atoms with E-state index >= 15 is 0 Å². The Morgan fingerprint density at radius 2 is 2.53 bits per heavy atom. The molecule has 0 aromatic rings. The fourth-order valence-corrected chi connectivity index (χ4v) is 1.96. The molecule has 0 N–H and O–H groups in total. The minimum Gasteiger partial charge on any atom is -0.463 e. The van der Waals surface area contributed by atoms with Gasteiger partial charge in [0.2, 0.25) is 0 Å². The summed E-state index contributed by atoms with van der Waals surface area (Å²) in [6.07, 6.45) is 9.48. The highest BCUT2D eigenvalue weighted by Crippen LogP contribution is 2.40. The van der Waals surface area contributed by atoms with E-state index in [9.17, 15) is 4.79 Å². The van der Waals surface area contributed by atoms with Crippen LogP contribution in [0, 0.1) is 0 Å². The van der Waals surface area contributed by atoms with Gasteiger partial charge in [-0.05, 0) is 31.8 Å². The van der Waals surface area contributed by atoms with Crippen LogP contribution in [0.15, 0.2) is 23.8 Å². The lowest BCUT2D eigenvalue weighted by atomic mass is 9.95. The zero-order chi connectivity index (χ0) is 10.7. The highest BCUT2D eigenvalue weighted by atomic mass is 16.6. The van der Waals surface area contributed by atoms with Gasteiger partial charge >= 0.3 is 5.97 Å². The van der Waals surface area contributed by atoms with Gasteiger partial charge in [-0.15, -0.1) is 0 Å². The first-order chi connectivity index (χ1) is 7.31. The molecule has 1 saturated carbocycles. The second-order valence-electron chi connectivity index (χ2n) is 3.84.